The molecule has 0 fully saturated rings. The lowest BCUT2D eigenvalue weighted by molar-refractivity contribution is 0.199. The van der Waals surface area contributed by atoms with Crippen molar-refractivity contribution in [2.45, 2.75) is 7.43 Å². The summed E-state index contributed by atoms with van der Waals surface area (Å²) in [6.07, 6.45) is -2.83. The van der Waals surface area contributed by atoms with Crippen LogP contribution >= 0.6 is 11.6 Å². The van der Waals surface area contributed by atoms with Gasteiger partial charge in [-0.3, -0.25) is 0 Å². The van der Waals surface area contributed by atoms with Crippen molar-refractivity contribution >= 4 is 26.3 Å². The molecule has 11 heavy (non-hydrogen) atoms. The van der Waals surface area contributed by atoms with Crippen LogP contribution in [-0.2, 0) is 0 Å². The number of carbonyl (C=O) groups is 1. The van der Waals surface area contributed by atoms with Crippen molar-refractivity contribution in [1.29, 1.82) is 0 Å². The highest BCUT2D eigenvalue weighted by Crippen LogP contribution is 2.54. The first kappa shape index (κ1) is 22.4. The fourth-order valence-electron chi connectivity index (χ4n) is 0. The molecule has 0 unspecified atom stereocenters. The Labute approximate surface area is 63.8 Å². The van der Waals surface area contributed by atoms with Gasteiger partial charge in [-0.25, -0.2) is 4.79 Å². The van der Waals surface area contributed by atoms with Gasteiger partial charge in [0, 0.05) is 8.41 Å². The van der Waals surface area contributed by atoms with Gasteiger partial charge in [-0.05, 0) is 0 Å². The molecule has 0 saturated carbocycles. The largest absolute Gasteiger partial charge is 0.483 e. The lowest BCUT2D eigenvalue weighted by Crippen LogP contribution is -1.54. The quantitative estimate of drug-likeness (QED) is 0.332. The Morgan fingerprint density at radius 1 is 1.00 bits per heavy atom. The van der Waals surface area contributed by atoms with Gasteiger partial charge in [-0.2, -0.15) is 0 Å². The summed E-state index contributed by atoms with van der Waals surface area (Å²) in [6.45, 7) is 0. The second-order valence-corrected chi connectivity index (χ2v) is 1.28. The first-order valence-corrected chi connectivity index (χ1v) is 2.43. The standard InChI is InChI=1S/CF2O.CH4.B.F4S/c2-1(3)4;;;1-5(2,3)4/h;1H4;;. The molecule has 0 atom stereocenters. The molecular formula is C2H4BF6OS. The SMILES string of the molecule is C.FS(F)(F)F.O=C(F)F.[B]. The Hall–Kier alpha value is -0.335. The fraction of sp³-hybridized carbons (Fsp3) is 0.500. The van der Waals surface area contributed by atoms with Crippen molar-refractivity contribution in [3.8, 4) is 0 Å². The maximum Gasteiger partial charge on any atom is 0.483 e. The Morgan fingerprint density at radius 3 is 1.00 bits per heavy atom. The molecule has 0 bridgehead atoms. The van der Waals surface area contributed by atoms with Crippen LogP contribution in [0.5, 0.6) is 0 Å². The molecule has 1 nitrogen and oxygen atoms in total. The Morgan fingerprint density at radius 2 is 1.00 bits per heavy atom. The normalized spacial score (nSPS) is 9.27. The van der Waals surface area contributed by atoms with E-state index in [1.165, 1.54) is 0 Å². The molecule has 0 aromatic heterocycles. The molecule has 0 aromatic rings. The topological polar surface area (TPSA) is 17.1 Å². The summed E-state index contributed by atoms with van der Waals surface area (Å²) in [7, 11) is 0. The van der Waals surface area contributed by atoms with E-state index in [0.29, 0.717) is 0 Å². The predicted octanol–water partition coefficient (Wildman–Crippen LogP) is 3.63. The number of rotatable bonds is 0. The number of halogens is 6. The lowest BCUT2D eigenvalue weighted by Gasteiger charge is -1.87. The summed E-state index contributed by atoms with van der Waals surface area (Å²) in [6, 6.07) is 0. The van der Waals surface area contributed by atoms with E-state index in [0.717, 1.165) is 0 Å². The van der Waals surface area contributed by atoms with E-state index in [9.17, 15) is 24.3 Å². The first-order valence-electron chi connectivity index (χ1n) is 1.20. The third-order valence-corrected chi connectivity index (χ3v) is 0. The molecule has 0 rings (SSSR count). The number of carbonyl (C=O) groups excluding carboxylic acids is 1. The lowest BCUT2D eigenvalue weighted by atomic mass is 10.8. The highest BCUT2D eigenvalue weighted by Gasteiger charge is 2.16. The Balaban J connectivity index is -0.0000000383. The molecule has 0 aliphatic carbocycles. The summed E-state index contributed by atoms with van der Waals surface area (Å²) in [4.78, 5) is 8.11. The highest BCUT2D eigenvalue weighted by atomic mass is 32.4. The van der Waals surface area contributed by atoms with Gasteiger partial charge in [-0.15, -0.1) is 8.78 Å². The van der Waals surface area contributed by atoms with Crippen LogP contribution in [0.1, 0.15) is 7.43 Å². The van der Waals surface area contributed by atoms with Crippen LogP contribution in [0, 0.1) is 0 Å². The van der Waals surface area contributed by atoms with E-state index < -0.39 is 17.9 Å². The van der Waals surface area contributed by atoms with Gasteiger partial charge in [0.15, 0.2) is 0 Å². The summed E-state index contributed by atoms with van der Waals surface area (Å²) >= 11 is -6.17. The number of hydrogen-bond donors (Lipinski definition) is 0. The third-order valence-electron chi connectivity index (χ3n) is 0. The molecule has 69 valence electrons. The smallest absolute Gasteiger partial charge is 0.219 e. The van der Waals surface area contributed by atoms with E-state index >= 15 is 0 Å². The van der Waals surface area contributed by atoms with E-state index in [2.05, 4.69) is 0 Å². The zero-order valence-electron chi connectivity index (χ0n) is 4.16. The summed E-state index contributed by atoms with van der Waals surface area (Å²) in [5, 5.41) is 0. The molecule has 0 saturated heterocycles. The zero-order valence-corrected chi connectivity index (χ0v) is 4.98. The molecule has 0 spiro atoms. The van der Waals surface area contributed by atoms with Crippen molar-refractivity contribution < 1.29 is 29.1 Å². The van der Waals surface area contributed by atoms with Crippen LogP contribution in [0.4, 0.5) is 29.1 Å². The van der Waals surface area contributed by atoms with E-state index in [4.69, 9.17) is 4.79 Å². The molecule has 9 heteroatoms. The van der Waals surface area contributed by atoms with Gasteiger partial charge in [0.1, 0.15) is 0 Å². The molecule has 0 aliphatic heterocycles. The fourth-order valence-corrected chi connectivity index (χ4v) is 0. The third kappa shape index (κ3) is 5060. The van der Waals surface area contributed by atoms with Crippen LogP contribution in [-0.4, -0.2) is 14.7 Å². The van der Waals surface area contributed by atoms with E-state index in [1.807, 2.05) is 0 Å². The summed E-state index contributed by atoms with van der Waals surface area (Å²) in [5.74, 6) is 0. The van der Waals surface area contributed by atoms with Crippen LogP contribution in [0.25, 0.3) is 0 Å². The summed E-state index contributed by atoms with van der Waals surface area (Å²) < 4.78 is 58.5. The average Bonchev–Trinajstić information content (AvgIpc) is 1.19. The van der Waals surface area contributed by atoms with Crippen molar-refractivity contribution in [2.24, 2.45) is 0 Å². The second-order valence-electron chi connectivity index (χ2n) is 0.576. The van der Waals surface area contributed by atoms with Gasteiger partial charge in [0.2, 0.25) is 0 Å². The zero-order chi connectivity index (χ0) is 8.08. The van der Waals surface area contributed by atoms with E-state index in [-0.39, 0.29) is 15.8 Å². The molecule has 0 aromatic carbocycles. The average molecular weight is 201 g/mol. The Bertz CT molecular complexity index is 83.1. The monoisotopic (exact) mass is 201 g/mol. The first-order chi connectivity index (χ1) is 3.73. The Kier molecular flexibility index (Phi) is 19.7. The maximum absolute atomic E-state index is 9.77. The highest BCUT2D eigenvalue weighted by molar-refractivity contribution is 8.16. The van der Waals surface area contributed by atoms with Gasteiger partial charge in [0.05, 0.1) is 0 Å². The van der Waals surface area contributed by atoms with Crippen LogP contribution < -0.4 is 0 Å². The predicted molar refractivity (Wildman–Crippen MR) is 32.1 cm³/mol. The van der Waals surface area contributed by atoms with Crippen molar-refractivity contribution in [2.75, 3.05) is 0 Å². The van der Waals surface area contributed by atoms with Crippen LogP contribution in [0.2, 0.25) is 0 Å². The van der Waals surface area contributed by atoms with Gasteiger partial charge in [-0.1, -0.05) is 23.0 Å². The second kappa shape index (κ2) is 9.66. The van der Waals surface area contributed by atoms with Crippen LogP contribution in [0.15, 0.2) is 0 Å². The van der Waals surface area contributed by atoms with Gasteiger partial charge < -0.3 is 0 Å². The molecular weight excluding hydrogens is 197 g/mol. The molecule has 0 heterocycles. The molecule has 0 N–H and O–H groups in total. The molecule has 0 aliphatic rings. The van der Waals surface area contributed by atoms with Gasteiger partial charge >= 0.3 is 17.9 Å². The molecule has 0 amide bonds. The van der Waals surface area contributed by atoms with Crippen molar-refractivity contribution in [1.82, 2.24) is 0 Å². The maximum atomic E-state index is 9.77. The van der Waals surface area contributed by atoms with Gasteiger partial charge in [0.25, 0.3) is 0 Å². The van der Waals surface area contributed by atoms with Crippen molar-refractivity contribution in [3.63, 3.8) is 0 Å². The minimum Gasteiger partial charge on any atom is -0.219 e. The molecule has 3 radical (unpaired) electrons. The minimum atomic E-state index is -6.17. The van der Waals surface area contributed by atoms with Crippen LogP contribution in [0.3, 0.4) is 0 Å². The number of hydrogen-bond acceptors (Lipinski definition) is 1. The summed E-state index contributed by atoms with van der Waals surface area (Å²) in [5.41, 5.74) is 0. The van der Waals surface area contributed by atoms with E-state index in [1.54, 1.807) is 0 Å². The van der Waals surface area contributed by atoms with Crippen molar-refractivity contribution in [3.05, 3.63) is 0 Å². The minimum absolute atomic E-state index is 0.